The van der Waals surface area contributed by atoms with Crippen LogP contribution in [-0.2, 0) is 10.0 Å². The second kappa shape index (κ2) is 13.1. The van der Waals surface area contributed by atoms with Gasteiger partial charge in [-0.1, -0.05) is 52.0 Å². The Morgan fingerprint density at radius 3 is 2.60 bits per heavy atom. The van der Waals surface area contributed by atoms with Crippen LogP contribution in [0.3, 0.4) is 0 Å². The molecule has 1 aliphatic rings. The number of amides is 1. The van der Waals surface area contributed by atoms with E-state index < -0.39 is 21.7 Å². The maximum absolute atomic E-state index is 14.4. The summed E-state index contributed by atoms with van der Waals surface area (Å²) in [4.78, 5) is 21.5. The Labute approximate surface area is 238 Å². The van der Waals surface area contributed by atoms with Crippen LogP contribution >= 0.6 is 0 Å². The molecule has 0 unspecified atom stereocenters. The fraction of sp³-hybridized carbons (Fsp3) is 0.414. The zero-order valence-corrected chi connectivity index (χ0v) is 23.5. The van der Waals surface area contributed by atoms with Gasteiger partial charge in [-0.15, -0.1) is 0 Å². The molecule has 0 aliphatic heterocycles. The van der Waals surface area contributed by atoms with Crippen molar-refractivity contribution in [3.8, 4) is 22.9 Å². The van der Waals surface area contributed by atoms with Crippen LogP contribution in [0.15, 0.2) is 53.6 Å². The number of ether oxygens (including phenoxy) is 2. The Hall–Kier alpha value is -3.73. The van der Waals surface area contributed by atoms with Crippen LogP contribution in [0.1, 0.15) is 67.0 Å². The molecule has 220 valence electrons. The number of sulfonamides is 1. The Balaban J connectivity index is 0.00000308. The van der Waals surface area contributed by atoms with Crippen LogP contribution in [0, 0.1) is 17.7 Å². The Morgan fingerprint density at radius 2 is 1.88 bits per heavy atom. The number of nitrogen functional groups attached to an aromatic ring is 1. The lowest BCUT2D eigenvalue weighted by atomic mass is 9.87. The highest BCUT2D eigenvalue weighted by Gasteiger charge is 2.24. The summed E-state index contributed by atoms with van der Waals surface area (Å²) in [7, 11) is -4.31. The number of nitrogens with zero attached hydrogens (tertiary/aromatic N) is 2. The summed E-state index contributed by atoms with van der Waals surface area (Å²) in [6.45, 7) is 4.70. The summed E-state index contributed by atoms with van der Waals surface area (Å²) in [6.07, 6.45) is 6.63. The molecule has 1 saturated carbocycles. The van der Waals surface area contributed by atoms with Crippen LogP contribution in [0.25, 0.3) is 11.3 Å². The molecule has 3 N–H and O–H groups in total. The first-order chi connectivity index (χ1) is 19.1. The number of carbonyl (C=O) groups is 1. The molecule has 1 amide bonds. The van der Waals surface area contributed by atoms with E-state index in [1.54, 1.807) is 6.07 Å². The third-order valence-corrected chi connectivity index (χ3v) is 7.82. The second-order valence-corrected chi connectivity index (χ2v) is 12.0. The van der Waals surface area contributed by atoms with Gasteiger partial charge >= 0.3 is 0 Å². The first-order valence-electron chi connectivity index (χ1n) is 13.5. The minimum absolute atomic E-state index is 0. The van der Waals surface area contributed by atoms with E-state index in [1.165, 1.54) is 61.7 Å². The number of benzene rings is 1. The molecule has 4 rings (SSSR count). The molecule has 9 nitrogen and oxygen atoms in total. The van der Waals surface area contributed by atoms with Crippen molar-refractivity contribution in [3.05, 3.63) is 59.9 Å². The van der Waals surface area contributed by atoms with Crippen LogP contribution in [0.2, 0.25) is 0 Å². The Morgan fingerprint density at radius 1 is 1.10 bits per heavy atom. The number of anilines is 1. The molecule has 0 radical (unpaired) electrons. The number of hydrogen-bond donors (Lipinski definition) is 2. The minimum Gasteiger partial charge on any atom is -0.493 e. The predicted molar refractivity (Wildman–Crippen MR) is 156 cm³/mol. The minimum atomic E-state index is -4.31. The Bertz CT molecular complexity index is 1460. The van der Waals surface area contributed by atoms with E-state index in [9.17, 15) is 17.6 Å². The van der Waals surface area contributed by atoms with Crippen molar-refractivity contribution in [3.63, 3.8) is 0 Å². The fourth-order valence-electron chi connectivity index (χ4n) is 4.55. The first kappa shape index (κ1) is 29.3. The van der Waals surface area contributed by atoms with Gasteiger partial charge in [0.25, 0.3) is 15.9 Å². The highest BCUT2D eigenvalue weighted by molar-refractivity contribution is 7.90. The lowest BCUT2D eigenvalue weighted by molar-refractivity contribution is 0.0976. The van der Waals surface area contributed by atoms with Crippen molar-refractivity contribution in [1.82, 2.24) is 14.7 Å². The van der Waals surface area contributed by atoms with E-state index in [-0.39, 0.29) is 32.5 Å². The molecule has 0 atom stereocenters. The number of rotatable bonds is 11. The lowest BCUT2D eigenvalue weighted by Crippen LogP contribution is -2.31. The average molecular weight is 577 g/mol. The van der Waals surface area contributed by atoms with Gasteiger partial charge < -0.3 is 15.2 Å². The zero-order valence-electron chi connectivity index (χ0n) is 22.7. The van der Waals surface area contributed by atoms with Gasteiger partial charge in [-0.3, -0.25) is 4.79 Å². The maximum atomic E-state index is 14.4. The summed E-state index contributed by atoms with van der Waals surface area (Å²) in [6, 6.07) is 11.3. The van der Waals surface area contributed by atoms with Gasteiger partial charge in [0.2, 0.25) is 5.88 Å². The monoisotopic (exact) mass is 576 g/mol. The van der Waals surface area contributed by atoms with Crippen molar-refractivity contribution < 1.29 is 31.4 Å². The van der Waals surface area contributed by atoms with Crippen LogP contribution in [0.4, 0.5) is 10.2 Å². The van der Waals surface area contributed by atoms with Crippen LogP contribution in [-0.4, -0.2) is 37.5 Å². The lowest BCUT2D eigenvalue weighted by Gasteiger charge is -2.21. The summed E-state index contributed by atoms with van der Waals surface area (Å²) >= 11 is 0. The summed E-state index contributed by atoms with van der Waals surface area (Å²) in [5.74, 6) is -0.349. The van der Waals surface area contributed by atoms with Crippen LogP contribution < -0.4 is 19.9 Å². The van der Waals surface area contributed by atoms with E-state index in [2.05, 4.69) is 9.97 Å². The van der Waals surface area contributed by atoms with Gasteiger partial charge in [0.05, 0.1) is 18.9 Å². The SMILES string of the molecule is CC(C)COc1cc(F)cc(-c2ccc(C(=O)NS(=O)(=O)c3cccc(N)n3)c(OCCC3CCCCC3)n2)c1.[HH].[HH].[HH]. The van der Waals surface area contributed by atoms with Crippen molar-refractivity contribution in [2.24, 2.45) is 11.8 Å². The fourth-order valence-corrected chi connectivity index (χ4v) is 5.49. The molecule has 11 heteroatoms. The zero-order chi connectivity index (χ0) is 28.7. The maximum Gasteiger partial charge on any atom is 0.281 e. The standard InChI is InChI=1S/C29H35FN4O5S.3H2/c1-19(2)18-39-23-16-21(15-22(30)17-23)25-12-11-24(29(32-25)38-14-13-20-7-4-3-5-8-20)28(35)34-40(36,37)27-10-6-9-26(31)33-27;;;/h6,9-12,15-17,19-20H,3-5,7-8,13-14,18H2,1-2H3,(H2,31,33)(H,34,35);3*1H. The highest BCUT2D eigenvalue weighted by Crippen LogP contribution is 2.30. The quantitative estimate of drug-likeness (QED) is 0.279. The third kappa shape index (κ3) is 7.91. The summed E-state index contributed by atoms with van der Waals surface area (Å²) < 4.78 is 53.7. The number of nitrogens with one attached hydrogen (secondary N) is 1. The number of aromatic nitrogens is 2. The van der Waals surface area contributed by atoms with Crippen molar-refractivity contribution in [2.75, 3.05) is 18.9 Å². The molecule has 2 aromatic heterocycles. The Kier molecular flexibility index (Phi) is 9.57. The largest absolute Gasteiger partial charge is 0.493 e. The molecule has 1 aromatic carbocycles. The molecule has 0 saturated heterocycles. The molecule has 3 aromatic rings. The number of hydrogen-bond acceptors (Lipinski definition) is 8. The number of pyridine rings is 2. The first-order valence-corrected chi connectivity index (χ1v) is 15.0. The summed E-state index contributed by atoms with van der Waals surface area (Å²) in [5.41, 5.74) is 6.31. The third-order valence-electron chi connectivity index (χ3n) is 6.59. The van der Waals surface area contributed by atoms with Crippen molar-refractivity contribution in [2.45, 2.75) is 57.4 Å². The normalized spacial score (nSPS) is 14.2. The molecule has 1 aliphatic carbocycles. The van der Waals surface area contributed by atoms with Crippen molar-refractivity contribution in [1.29, 1.82) is 0 Å². The van der Waals surface area contributed by atoms with E-state index in [0.29, 0.717) is 36.1 Å². The van der Waals surface area contributed by atoms with E-state index in [1.807, 2.05) is 18.6 Å². The summed E-state index contributed by atoms with van der Waals surface area (Å²) in [5, 5.41) is -0.390. The molecule has 40 heavy (non-hydrogen) atoms. The molecule has 0 bridgehead atoms. The highest BCUT2D eigenvalue weighted by atomic mass is 32.2. The topological polar surface area (TPSA) is 134 Å². The molecular weight excluding hydrogens is 535 g/mol. The van der Waals surface area contributed by atoms with Gasteiger partial charge in [-0.25, -0.2) is 19.1 Å². The van der Waals surface area contributed by atoms with Gasteiger partial charge in [-0.2, -0.15) is 8.42 Å². The van der Waals surface area contributed by atoms with E-state index in [0.717, 1.165) is 19.3 Å². The number of carbonyl (C=O) groups excluding carboxylic acids is 1. The van der Waals surface area contributed by atoms with E-state index in [4.69, 9.17) is 15.2 Å². The van der Waals surface area contributed by atoms with Crippen LogP contribution in [0.5, 0.6) is 11.6 Å². The smallest absolute Gasteiger partial charge is 0.281 e. The molecule has 2 heterocycles. The second-order valence-electron chi connectivity index (χ2n) is 10.4. The average Bonchev–Trinajstić information content (AvgIpc) is 2.92. The predicted octanol–water partition coefficient (Wildman–Crippen LogP) is 6.11. The molecule has 0 spiro atoms. The number of nitrogens with two attached hydrogens (primary N) is 1. The van der Waals surface area contributed by atoms with Gasteiger partial charge in [0.15, 0.2) is 5.03 Å². The van der Waals surface area contributed by atoms with Crippen molar-refractivity contribution >= 4 is 21.7 Å². The van der Waals surface area contributed by atoms with Gasteiger partial charge in [-0.05, 0) is 54.7 Å². The van der Waals surface area contributed by atoms with Gasteiger partial charge in [0, 0.05) is 15.9 Å². The van der Waals surface area contributed by atoms with Gasteiger partial charge in [0.1, 0.15) is 22.9 Å². The number of halogens is 1. The van der Waals surface area contributed by atoms with E-state index >= 15 is 0 Å². The molecular formula is C29H41FN4O5S. The molecule has 1 fully saturated rings.